The van der Waals surface area contributed by atoms with Crippen LogP contribution < -0.4 is 0 Å². The van der Waals surface area contributed by atoms with E-state index in [-0.39, 0.29) is 11.3 Å². The molecule has 0 aromatic carbocycles. The second-order valence-corrected chi connectivity index (χ2v) is 9.17. The number of nitriles is 1. The average molecular weight is 442 g/mol. The van der Waals surface area contributed by atoms with Crippen LogP contribution >= 0.6 is 31.9 Å². The lowest BCUT2D eigenvalue weighted by Crippen LogP contribution is -2.24. The first kappa shape index (κ1) is 18.0. The highest BCUT2D eigenvalue weighted by Gasteiger charge is 2.74. The van der Waals surface area contributed by atoms with Crippen LogP contribution in [-0.4, -0.2) is 15.6 Å². The number of carbonyl (C=O) groups is 1. The molecular weight excluding hydrogens is 424 g/mol. The molecule has 6 heteroatoms. The smallest absolute Gasteiger partial charge is 0.311 e. The highest BCUT2D eigenvalue weighted by molar-refractivity contribution is 9.28. The van der Waals surface area contributed by atoms with Gasteiger partial charge in [0.25, 0.3) is 0 Å². The zero-order chi connectivity index (χ0) is 17.4. The van der Waals surface area contributed by atoms with Crippen LogP contribution in [-0.2, 0) is 17.8 Å². The van der Waals surface area contributed by atoms with Crippen LogP contribution in [0.15, 0.2) is 34.4 Å². The van der Waals surface area contributed by atoms with E-state index in [9.17, 15) is 15.2 Å². The van der Waals surface area contributed by atoms with Gasteiger partial charge in [0.05, 0.1) is 8.81 Å². The van der Waals surface area contributed by atoms with Crippen molar-refractivity contribution in [2.24, 2.45) is 16.7 Å². The molecular formula is C17H18Br2N2O2. The Morgan fingerprint density at radius 1 is 1.57 bits per heavy atom. The fourth-order valence-electron chi connectivity index (χ4n) is 3.56. The third-order valence-corrected chi connectivity index (χ3v) is 5.45. The Bertz CT molecular complexity index is 723. The van der Waals surface area contributed by atoms with Crippen molar-refractivity contribution in [1.29, 1.82) is 5.26 Å². The molecule has 1 aliphatic carbocycles. The molecule has 0 unspecified atom stereocenters. The molecule has 4 nitrogen and oxygen atoms in total. The Balaban J connectivity index is 2.40. The normalized spacial score (nSPS) is 24.6. The third kappa shape index (κ3) is 2.92. The van der Waals surface area contributed by atoms with E-state index in [0.717, 1.165) is 8.96 Å². The van der Waals surface area contributed by atoms with Crippen LogP contribution in [0.1, 0.15) is 25.1 Å². The molecule has 122 valence electrons. The number of allylic oxidation sites excluding steroid dienone is 2. The number of hydrogen-bond acceptors (Lipinski definition) is 2. The summed E-state index contributed by atoms with van der Waals surface area (Å²) >= 11 is 6.65. The maximum Gasteiger partial charge on any atom is 0.311 e. The summed E-state index contributed by atoms with van der Waals surface area (Å²) < 4.78 is 2.55. The summed E-state index contributed by atoms with van der Waals surface area (Å²) in [5, 5.41) is 19.1. The molecule has 0 bridgehead atoms. The fourth-order valence-corrected chi connectivity index (χ4v) is 4.09. The third-order valence-electron chi connectivity index (χ3n) is 4.93. The number of carboxylic acid groups (broad SMARTS) is 1. The first-order chi connectivity index (χ1) is 10.7. The standard InChI is InChI=1S/C17H18Br2N2O2/c1-4-5-21-10-11(6-12(21)9-20)8-17(15(22)23)13(7-14(18)19)16(17,2)3/h4,6-7,10,13H,1,5,8H2,2-3H3,(H,22,23)/t13-,17+/m1/s1. The molecule has 1 N–H and O–H groups in total. The van der Waals surface area contributed by atoms with Crippen molar-refractivity contribution in [3.8, 4) is 6.07 Å². The predicted octanol–water partition coefficient (Wildman–Crippen LogP) is 4.45. The molecule has 0 amide bonds. The van der Waals surface area contributed by atoms with Gasteiger partial charge < -0.3 is 9.67 Å². The summed E-state index contributed by atoms with van der Waals surface area (Å²) in [6.45, 7) is 8.15. The van der Waals surface area contributed by atoms with Gasteiger partial charge in [0.1, 0.15) is 11.8 Å². The van der Waals surface area contributed by atoms with Gasteiger partial charge >= 0.3 is 5.97 Å². The minimum absolute atomic E-state index is 0.0884. The molecule has 0 saturated heterocycles. The topological polar surface area (TPSA) is 66.0 Å². The van der Waals surface area contributed by atoms with Gasteiger partial charge in [-0.25, -0.2) is 0 Å². The zero-order valence-electron chi connectivity index (χ0n) is 13.0. The van der Waals surface area contributed by atoms with Gasteiger partial charge in [0.2, 0.25) is 0 Å². The molecule has 2 rings (SSSR count). The minimum Gasteiger partial charge on any atom is -0.481 e. The largest absolute Gasteiger partial charge is 0.481 e. The molecule has 23 heavy (non-hydrogen) atoms. The van der Waals surface area contributed by atoms with Crippen LogP contribution in [0.5, 0.6) is 0 Å². The Kier molecular flexibility index (Phi) is 4.93. The van der Waals surface area contributed by atoms with Gasteiger partial charge in [-0.2, -0.15) is 5.26 Å². The molecule has 0 spiro atoms. The monoisotopic (exact) mass is 440 g/mol. The lowest BCUT2D eigenvalue weighted by Gasteiger charge is -2.14. The average Bonchev–Trinajstić information content (AvgIpc) is 2.77. The summed E-state index contributed by atoms with van der Waals surface area (Å²) in [6.07, 6.45) is 5.86. The molecule has 1 aromatic rings. The van der Waals surface area contributed by atoms with E-state index in [1.807, 2.05) is 26.1 Å². The number of aromatic nitrogens is 1. The van der Waals surface area contributed by atoms with E-state index in [2.05, 4.69) is 44.5 Å². The lowest BCUT2D eigenvalue weighted by atomic mass is 9.89. The highest BCUT2D eigenvalue weighted by atomic mass is 79.9. The van der Waals surface area contributed by atoms with Gasteiger partial charge in [0.15, 0.2) is 0 Å². The first-order valence-electron chi connectivity index (χ1n) is 7.17. The van der Waals surface area contributed by atoms with Crippen molar-refractivity contribution >= 4 is 37.8 Å². The van der Waals surface area contributed by atoms with Crippen LogP contribution in [0.2, 0.25) is 0 Å². The second kappa shape index (κ2) is 6.29. The van der Waals surface area contributed by atoms with Crippen LogP contribution in [0.4, 0.5) is 0 Å². The maximum atomic E-state index is 12.0. The summed E-state index contributed by atoms with van der Waals surface area (Å²) in [4.78, 5) is 12.0. The Morgan fingerprint density at radius 3 is 2.70 bits per heavy atom. The second-order valence-electron chi connectivity index (χ2n) is 6.40. The fraction of sp³-hybridized carbons (Fsp3) is 0.412. The Hall–Kier alpha value is -1.32. The van der Waals surface area contributed by atoms with Crippen molar-refractivity contribution in [3.63, 3.8) is 0 Å². The molecule has 1 saturated carbocycles. The summed E-state index contributed by atoms with van der Waals surface area (Å²) in [5.74, 6) is -0.894. The van der Waals surface area contributed by atoms with Crippen molar-refractivity contribution in [1.82, 2.24) is 4.57 Å². The van der Waals surface area contributed by atoms with Gasteiger partial charge in [-0.15, -0.1) is 6.58 Å². The van der Waals surface area contributed by atoms with E-state index < -0.39 is 11.4 Å². The number of hydrogen-bond donors (Lipinski definition) is 1. The SMILES string of the molecule is C=CCn1cc(C[C@@]2(C(=O)O)[C@H](C=C(Br)Br)C2(C)C)cc1C#N. The number of nitrogens with zero attached hydrogens (tertiary/aromatic N) is 2. The van der Waals surface area contributed by atoms with Gasteiger partial charge in [-0.1, -0.05) is 26.0 Å². The van der Waals surface area contributed by atoms with Crippen molar-refractivity contribution in [3.05, 3.63) is 45.6 Å². The number of halogens is 2. The summed E-state index contributed by atoms with van der Waals surface area (Å²) in [7, 11) is 0. The summed E-state index contributed by atoms with van der Waals surface area (Å²) in [6, 6.07) is 3.91. The highest BCUT2D eigenvalue weighted by Crippen LogP contribution is 2.71. The molecule has 0 aliphatic heterocycles. The van der Waals surface area contributed by atoms with E-state index in [1.54, 1.807) is 16.7 Å². The van der Waals surface area contributed by atoms with Gasteiger partial charge in [-0.05, 0) is 55.3 Å². The maximum absolute atomic E-state index is 12.0. The van der Waals surface area contributed by atoms with Crippen molar-refractivity contribution in [2.75, 3.05) is 0 Å². The van der Waals surface area contributed by atoms with Crippen LogP contribution in [0, 0.1) is 28.1 Å². The molecule has 0 radical (unpaired) electrons. The lowest BCUT2D eigenvalue weighted by molar-refractivity contribution is -0.145. The molecule has 1 aliphatic rings. The molecule has 2 atom stereocenters. The summed E-state index contributed by atoms with van der Waals surface area (Å²) in [5.41, 5.74) is 0.152. The Morgan fingerprint density at radius 2 is 2.22 bits per heavy atom. The predicted molar refractivity (Wildman–Crippen MR) is 96.3 cm³/mol. The molecule has 1 heterocycles. The van der Waals surface area contributed by atoms with Gasteiger partial charge in [-0.3, -0.25) is 4.79 Å². The van der Waals surface area contributed by atoms with Crippen molar-refractivity contribution < 1.29 is 9.90 Å². The van der Waals surface area contributed by atoms with E-state index in [4.69, 9.17) is 0 Å². The van der Waals surface area contributed by atoms with E-state index in [0.29, 0.717) is 18.7 Å². The quantitative estimate of drug-likeness (QED) is 0.663. The van der Waals surface area contributed by atoms with E-state index >= 15 is 0 Å². The molecule has 1 aromatic heterocycles. The minimum atomic E-state index is -0.868. The van der Waals surface area contributed by atoms with Crippen LogP contribution in [0.25, 0.3) is 0 Å². The zero-order valence-corrected chi connectivity index (χ0v) is 16.2. The van der Waals surface area contributed by atoms with Crippen LogP contribution in [0.3, 0.4) is 0 Å². The Labute approximate surface area is 152 Å². The number of aliphatic carboxylic acids is 1. The first-order valence-corrected chi connectivity index (χ1v) is 8.75. The number of carboxylic acids is 1. The van der Waals surface area contributed by atoms with Gasteiger partial charge in [0, 0.05) is 18.7 Å². The molecule has 1 fully saturated rings. The van der Waals surface area contributed by atoms with E-state index in [1.165, 1.54) is 0 Å². The number of rotatable bonds is 6. The van der Waals surface area contributed by atoms with Crippen molar-refractivity contribution in [2.45, 2.75) is 26.8 Å².